The molecule has 0 saturated carbocycles. The number of nitrogens with one attached hydrogen (secondary N) is 2. The van der Waals surface area contributed by atoms with E-state index < -0.39 is 0 Å². The number of ether oxygens (including phenoxy) is 3. The quantitative estimate of drug-likeness (QED) is 0.844. The number of anilines is 1. The van der Waals surface area contributed by atoms with Crippen molar-refractivity contribution in [2.75, 3.05) is 38.7 Å². The molecule has 0 aliphatic carbocycles. The topological polar surface area (TPSA) is 61.2 Å². The smallest absolute Gasteiger partial charge is 0.279 e. The van der Waals surface area contributed by atoms with Crippen LogP contribution in [0.5, 0.6) is 17.2 Å². The van der Waals surface area contributed by atoms with Gasteiger partial charge in [-0.15, -0.1) is 0 Å². The molecule has 0 spiro atoms. The molecule has 1 unspecified atom stereocenters. The summed E-state index contributed by atoms with van der Waals surface area (Å²) in [6.45, 7) is 2.61. The Morgan fingerprint density at radius 2 is 2.04 bits per heavy atom. The minimum Gasteiger partial charge on any atom is -0.497 e. The minimum absolute atomic E-state index is 0.0164. The van der Waals surface area contributed by atoms with Crippen LogP contribution >= 0.6 is 0 Å². The van der Waals surface area contributed by atoms with E-state index in [9.17, 15) is 4.79 Å². The predicted octanol–water partition coefficient (Wildman–Crippen LogP) is 1.82. The molecule has 2 heterocycles. The van der Waals surface area contributed by atoms with Gasteiger partial charge in [-0.1, -0.05) is 6.07 Å². The number of carbonyl (C=O) groups excluding carboxylic acids is 1. The van der Waals surface area contributed by atoms with Crippen LogP contribution in [0.1, 0.15) is 24.4 Å². The Kier molecular flexibility index (Phi) is 5.16. The highest BCUT2D eigenvalue weighted by molar-refractivity contribution is 5.91. The highest BCUT2D eigenvalue weighted by Crippen LogP contribution is 2.33. The Labute approximate surface area is 159 Å². The van der Waals surface area contributed by atoms with Crippen molar-refractivity contribution >= 4 is 11.6 Å². The van der Waals surface area contributed by atoms with Gasteiger partial charge < -0.3 is 24.4 Å². The third-order valence-electron chi connectivity index (χ3n) is 5.19. The molecule has 2 aliphatic heterocycles. The monoisotopic (exact) mass is 369 g/mol. The van der Waals surface area contributed by atoms with Crippen LogP contribution in [0.25, 0.3) is 0 Å². The molecule has 2 aliphatic rings. The van der Waals surface area contributed by atoms with Crippen LogP contribution < -0.4 is 24.4 Å². The lowest BCUT2D eigenvalue weighted by Crippen LogP contribution is -3.11. The van der Waals surface area contributed by atoms with Crippen molar-refractivity contribution < 1.29 is 23.9 Å². The lowest BCUT2D eigenvalue weighted by Gasteiger charge is -2.24. The van der Waals surface area contributed by atoms with Crippen molar-refractivity contribution in [2.45, 2.75) is 18.9 Å². The predicted molar refractivity (Wildman–Crippen MR) is 102 cm³/mol. The van der Waals surface area contributed by atoms with Crippen LogP contribution in [0.4, 0.5) is 5.69 Å². The number of amides is 1. The van der Waals surface area contributed by atoms with Crippen LogP contribution in [-0.2, 0) is 4.79 Å². The Hall–Kier alpha value is -2.73. The maximum Gasteiger partial charge on any atom is 0.279 e. The summed E-state index contributed by atoms with van der Waals surface area (Å²) in [5, 5.41) is 2.98. The van der Waals surface area contributed by atoms with E-state index in [0.29, 0.717) is 25.8 Å². The van der Waals surface area contributed by atoms with Gasteiger partial charge in [-0.05, 0) is 30.3 Å². The van der Waals surface area contributed by atoms with Crippen LogP contribution in [0.3, 0.4) is 0 Å². The lowest BCUT2D eigenvalue weighted by atomic mass is 10.0. The summed E-state index contributed by atoms with van der Waals surface area (Å²) in [6.07, 6.45) is 2.18. The molecular weight excluding hydrogens is 344 g/mol. The molecule has 2 atom stereocenters. The summed E-state index contributed by atoms with van der Waals surface area (Å²) in [7, 11) is 1.62. The van der Waals surface area contributed by atoms with Gasteiger partial charge in [0.25, 0.3) is 5.91 Å². The van der Waals surface area contributed by atoms with Gasteiger partial charge in [-0.25, -0.2) is 0 Å². The first-order chi connectivity index (χ1) is 13.2. The number of rotatable bonds is 5. The fourth-order valence-corrected chi connectivity index (χ4v) is 3.91. The standard InChI is InChI=1S/C21H24N2O4/c1-25-17-5-2-4-16(13-17)22-21(24)14-23-9-3-6-18(23)15-7-8-19-20(12-15)27-11-10-26-19/h2,4-5,7-8,12-13,18H,3,6,9-11,14H2,1H3,(H,22,24)/p+1/t18-/m1/s1. The van der Waals surface area contributed by atoms with Gasteiger partial charge in [0.1, 0.15) is 25.0 Å². The number of quaternary nitrogens is 1. The molecule has 1 fully saturated rings. The van der Waals surface area contributed by atoms with Gasteiger partial charge in [0.2, 0.25) is 0 Å². The van der Waals surface area contributed by atoms with Crippen molar-refractivity contribution in [2.24, 2.45) is 0 Å². The van der Waals surface area contributed by atoms with E-state index >= 15 is 0 Å². The highest BCUT2D eigenvalue weighted by atomic mass is 16.6. The average Bonchev–Trinajstić information content (AvgIpc) is 3.15. The second-order valence-electron chi connectivity index (χ2n) is 6.96. The van der Waals surface area contributed by atoms with E-state index in [4.69, 9.17) is 14.2 Å². The summed E-state index contributed by atoms with van der Waals surface area (Å²) >= 11 is 0. The SMILES string of the molecule is COc1cccc(NC(=O)C[NH+]2CCC[C@@H]2c2ccc3c(c2)OCCO3)c1. The van der Waals surface area contributed by atoms with Crippen molar-refractivity contribution in [1.29, 1.82) is 0 Å². The maximum absolute atomic E-state index is 12.6. The van der Waals surface area contributed by atoms with E-state index in [2.05, 4.69) is 17.4 Å². The number of fused-ring (bicyclic) bond motifs is 1. The maximum atomic E-state index is 12.6. The van der Waals surface area contributed by atoms with Crippen molar-refractivity contribution in [3.8, 4) is 17.2 Å². The van der Waals surface area contributed by atoms with Gasteiger partial charge in [-0.2, -0.15) is 0 Å². The summed E-state index contributed by atoms with van der Waals surface area (Å²) < 4.78 is 16.5. The zero-order valence-electron chi connectivity index (χ0n) is 15.5. The van der Waals surface area contributed by atoms with Crippen LogP contribution in [-0.4, -0.2) is 39.3 Å². The first-order valence-corrected chi connectivity index (χ1v) is 9.41. The zero-order chi connectivity index (χ0) is 18.6. The number of hydrogen-bond donors (Lipinski definition) is 2. The van der Waals surface area contributed by atoms with Crippen LogP contribution in [0, 0.1) is 0 Å². The molecule has 1 amide bonds. The summed E-state index contributed by atoms with van der Waals surface area (Å²) in [5.41, 5.74) is 1.97. The van der Waals surface area contributed by atoms with Gasteiger partial charge in [-0.3, -0.25) is 4.79 Å². The second kappa shape index (κ2) is 7.88. The molecule has 2 N–H and O–H groups in total. The number of likely N-dealkylation sites (tertiary alicyclic amines) is 1. The van der Waals surface area contributed by atoms with E-state index in [-0.39, 0.29) is 5.91 Å². The molecule has 2 aromatic carbocycles. The van der Waals surface area contributed by atoms with Gasteiger partial charge in [0.05, 0.1) is 13.7 Å². The Balaban J connectivity index is 1.43. The van der Waals surface area contributed by atoms with Crippen LogP contribution in [0.15, 0.2) is 42.5 Å². The van der Waals surface area contributed by atoms with Gasteiger partial charge >= 0.3 is 0 Å². The summed E-state index contributed by atoms with van der Waals surface area (Å²) in [4.78, 5) is 13.8. The highest BCUT2D eigenvalue weighted by Gasteiger charge is 2.32. The number of benzene rings is 2. The second-order valence-corrected chi connectivity index (χ2v) is 6.96. The molecular formula is C21H25N2O4+. The van der Waals surface area contributed by atoms with Crippen molar-refractivity contribution in [1.82, 2.24) is 0 Å². The minimum atomic E-state index is 0.0164. The van der Waals surface area contributed by atoms with Crippen LogP contribution in [0.2, 0.25) is 0 Å². The third-order valence-corrected chi connectivity index (χ3v) is 5.19. The molecule has 0 bridgehead atoms. The lowest BCUT2D eigenvalue weighted by molar-refractivity contribution is -0.910. The Morgan fingerprint density at radius 3 is 2.89 bits per heavy atom. The molecule has 1 saturated heterocycles. The fourth-order valence-electron chi connectivity index (χ4n) is 3.91. The molecule has 0 radical (unpaired) electrons. The average molecular weight is 369 g/mol. The molecule has 2 aromatic rings. The molecule has 0 aromatic heterocycles. The number of methoxy groups -OCH3 is 1. The van der Waals surface area contributed by atoms with Gasteiger partial charge in [0.15, 0.2) is 18.0 Å². The first kappa shape index (κ1) is 17.7. The largest absolute Gasteiger partial charge is 0.497 e. The van der Waals surface area contributed by atoms with Gasteiger partial charge in [0, 0.05) is 30.2 Å². The van der Waals surface area contributed by atoms with E-state index in [1.54, 1.807) is 7.11 Å². The number of hydrogen-bond acceptors (Lipinski definition) is 4. The zero-order valence-corrected chi connectivity index (χ0v) is 15.5. The number of carbonyl (C=O) groups is 1. The Bertz CT molecular complexity index is 824. The third kappa shape index (κ3) is 4.01. The van der Waals surface area contributed by atoms with E-state index in [1.165, 1.54) is 10.5 Å². The normalized spacial score (nSPS) is 20.9. The molecule has 142 valence electrons. The first-order valence-electron chi connectivity index (χ1n) is 9.41. The van der Waals surface area contributed by atoms with Crippen molar-refractivity contribution in [3.05, 3.63) is 48.0 Å². The van der Waals surface area contributed by atoms with E-state index in [1.807, 2.05) is 30.3 Å². The van der Waals surface area contributed by atoms with Crippen molar-refractivity contribution in [3.63, 3.8) is 0 Å². The summed E-state index contributed by atoms with van der Waals surface area (Å²) in [5.74, 6) is 2.37. The van der Waals surface area contributed by atoms with E-state index in [0.717, 1.165) is 42.3 Å². The Morgan fingerprint density at radius 1 is 1.19 bits per heavy atom. The molecule has 6 nitrogen and oxygen atoms in total. The fraction of sp³-hybridized carbons (Fsp3) is 0.381. The molecule has 27 heavy (non-hydrogen) atoms. The molecule has 4 rings (SSSR count). The summed E-state index contributed by atoms with van der Waals surface area (Å²) in [6, 6.07) is 13.9. The molecule has 6 heteroatoms.